The van der Waals surface area contributed by atoms with Gasteiger partial charge in [0.2, 0.25) is 0 Å². The molecular weight excluding hydrogens is 450 g/mol. The van der Waals surface area contributed by atoms with Crippen molar-refractivity contribution >= 4 is 40.8 Å². The number of anilines is 1. The van der Waals surface area contributed by atoms with E-state index in [4.69, 9.17) is 33.0 Å². The number of hydrogen-bond donors (Lipinski definition) is 2. The van der Waals surface area contributed by atoms with Gasteiger partial charge in [0.25, 0.3) is 5.91 Å². The predicted molar refractivity (Wildman–Crippen MR) is 111 cm³/mol. The lowest BCUT2D eigenvalue weighted by molar-refractivity contribution is 0.0690. The first-order valence-electron chi connectivity index (χ1n) is 8.82. The molecule has 2 aromatic heterocycles. The molecule has 1 amide bonds. The Kier molecular flexibility index (Phi) is 6.67. The van der Waals surface area contributed by atoms with Gasteiger partial charge in [-0.15, -0.1) is 5.10 Å². The molecule has 2 heterocycles. The van der Waals surface area contributed by atoms with Gasteiger partial charge in [0.05, 0.1) is 16.9 Å². The number of benzene rings is 1. The number of nitrogens with zero attached hydrogens (tertiary/aromatic N) is 3. The zero-order valence-electron chi connectivity index (χ0n) is 16.2. The summed E-state index contributed by atoms with van der Waals surface area (Å²) in [6.07, 6.45) is 0.457. The number of aryl methyl sites for hydroxylation is 1. The van der Waals surface area contributed by atoms with Crippen LogP contribution in [0.15, 0.2) is 36.5 Å². The zero-order valence-corrected chi connectivity index (χ0v) is 17.7. The second kappa shape index (κ2) is 9.23. The van der Waals surface area contributed by atoms with Gasteiger partial charge < -0.3 is 15.2 Å². The Hall–Kier alpha value is -3.30. The van der Waals surface area contributed by atoms with Gasteiger partial charge in [-0.3, -0.25) is 4.79 Å². The van der Waals surface area contributed by atoms with Crippen LogP contribution in [0.25, 0.3) is 0 Å². The van der Waals surface area contributed by atoms with E-state index in [2.05, 4.69) is 20.5 Å². The molecule has 0 saturated carbocycles. The lowest BCUT2D eigenvalue weighted by atomic mass is 10.1. The summed E-state index contributed by atoms with van der Waals surface area (Å²) in [5.74, 6) is -2.21. The summed E-state index contributed by atoms with van der Waals surface area (Å²) in [6.45, 7) is 3.25. The molecule has 1 unspecified atom stereocenters. The highest BCUT2D eigenvalue weighted by Gasteiger charge is 2.21. The normalized spacial score (nSPS) is 11.6. The van der Waals surface area contributed by atoms with E-state index in [-0.39, 0.29) is 38.4 Å². The average Bonchev–Trinajstić information content (AvgIpc) is 2.73. The molecule has 1 atom stereocenters. The van der Waals surface area contributed by atoms with E-state index in [0.29, 0.717) is 5.69 Å². The SMILES string of the molecule is Cc1nnc(C(=O)Nc2ccc(C(=O)O)nc2)cc1OC(C)c1c(Cl)ccc(F)c1Cl. The van der Waals surface area contributed by atoms with Crippen molar-refractivity contribution in [3.05, 3.63) is 75.0 Å². The fourth-order valence-corrected chi connectivity index (χ4v) is 3.30. The molecule has 0 bridgehead atoms. The van der Waals surface area contributed by atoms with Crippen LogP contribution >= 0.6 is 23.2 Å². The predicted octanol–water partition coefficient (Wildman–Crippen LogP) is 4.72. The number of ether oxygens (including phenoxy) is 1. The molecule has 11 heteroatoms. The van der Waals surface area contributed by atoms with Crippen LogP contribution in [-0.4, -0.2) is 32.2 Å². The van der Waals surface area contributed by atoms with Crippen molar-refractivity contribution < 1.29 is 23.8 Å². The Morgan fingerprint density at radius 1 is 1.16 bits per heavy atom. The Morgan fingerprint density at radius 3 is 2.55 bits per heavy atom. The summed E-state index contributed by atoms with van der Waals surface area (Å²) in [5, 5.41) is 19.2. The maximum atomic E-state index is 13.8. The van der Waals surface area contributed by atoms with E-state index in [0.717, 1.165) is 6.07 Å². The van der Waals surface area contributed by atoms with E-state index in [1.165, 1.54) is 30.5 Å². The number of carboxylic acid groups (broad SMARTS) is 1. The third-order valence-electron chi connectivity index (χ3n) is 4.19. The largest absolute Gasteiger partial charge is 0.484 e. The molecule has 0 aliphatic rings. The van der Waals surface area contributed by atoms with Crippen LogP contribution in [0.3, 0.4) is 0 Å². The van der Waals surface area contributed by atoms with Crippen molar-refractivity contribution in [1.82, 2.24) is 15.2 Å². The summed E-state index contributed by atoms with van der Waals surface area (Å²) >= 11 is 12.2. The molecule has 0 aliphatic carbocycles. The smallest absolute Gasteiger partial charge is 0.354 e. The van der Waals surface area contributed by atoms with Crippen molar-refractivity contribution in [3.63, 3.8) is 0 Å². The number of aromatic nitrogens is 3. The Labute approximate surface area is 186 Å². The molecule has 8 nitrogen and oxygen atoms in total. The minimum atomic E-state index is -1.18. The second-order valence-corrected chi connectivity index (χ2v) is 7.17. The number of nitrogens with one attached hydrogen (secondary N) is 1. The molecule has 0 fully saturated rings. The fraction of sp³-hybridized carbons (Fsp3) is 0.150. The lowest BCUT2D eigenvalue weighted by Crippen LogP contribution is -2.16. The molecule has 2 N–H and O–H groups in total. The van der Waals surface area contributed by atoms with Crippen LogP contribution in [0.4, 0.5) is 10.1 Å². The van der Waals surface area contributed by atoms with Gasteiger partial charge in [-0.1, -0.05) is 23.2 Å². The molecule has 3 aromatic rings. The lowest BCUT2D eigenvalue weighted by Gasteiger charge is -2.19. The first-order chi connectivity index (χ1) is 14.7. The molecule has 0 aliphatic heterocycles. The minimum absolute atomic E-state index is 0.0634. The quantitative estimate of drug-likeness (QED) is 0.507. The Balaban J connectivity index is 1.80. The van der Waals surface area contributed by atoms with Crippen LogP contribution in [-0.2, 0) is 0 Å². The number of pyridine rings is 1. The van der Waals surface area contributed by atoms with E-state index >= 15 is 0 Å². The van der Waals surface area contributed by atoms with E-state index < -0.39 is 23.8 Å². The van der Waals surface area contributed by atoms with Crippen LogP contribution < -0.4 is 10.1 Å². The maximum absolute atomic E-state index is 13.8. The van der Waals surface area contributed by atoms with Gasteiger partial charge >= 0.3 is 5.97 Å². The van der Waals surface area contributed by atoms with Crippen molar-refractivity contribution in [3.8, 4) is 5.75 Å². The number of carbonyl (C=O) groups excluding carboxylic acids is 1. The van der Waals surface area contributed by atoms with Gasteiger partial charge in [0.15, 0.2) is 5.69 Å². The molecule has 0 spiro atoms. The number of carbonyl (C=O) groups is 2. The third-order valence-corrected chi connectivity index (χ3v) is 4.91. The number of hydrogen-bond acceptors (Lipinski definition) is 6. The number of halogens is 3. The van der Waals surface area contributed by atoms with Crippen molar-refractivity contribution in [1.29, 1.82) is 0 Å². The molecule has 0 saturated heterocycles. The monoisotopic (exact) mass is 464 g/mol. The van der Waals surface area contributed by atoms with Crippen LogP contribution in [0, 0.1) is 12.7 Å². The third kappa shape index (κ3) is 5.07. The minimum Gasteiger partial charge on any atom is -0.484 e. The zero-order chi connectivity index (χ0) is 22.7. The highest BCUT2D eigenvalue weighted by molar-refractivity contribution is 6.36. The van der Waals surface area contributed by atoms with Crippen LogP contribution in [0.5, 0.6) is 5.75 Å². The standard InChI is InChI=1S/C20H15Cl2FN4O4/c1-9-16(31-10(2)17-12(21)4-5-13(23)18(17)22)7-15(27-26-9)19(28)25-11-3-6-14(20(29)30)24-8-11/h3-8,10H,1-2H3,(H,25,28)(H,29,30). The number of rotatable bonds is 6. The topological polar surface area (TPSA) is 114 Å². The van der Waals surface area contributed by atoms with Gasteiger partial charge in [0, 0.05) is 16.7 Å². The Bertz CT molecular complexity index is 1160. The van der Waals surface area contributed by atoms with Crippen LogP contribution in [0.1, 0.15) is 45.3 Å². The van der Waals surface area contributed by atoms with Gasteiger partial charge in [-0.25, -0.2) is 14.2 Å². The molecular formula is C20H15Cl2FN4O4. The molecule has 3 rings (SSSR count). The second-order valence-electron chi connectivity index (χ2n) is 6.39. The Morgan fingerprint density at radius 2 is 1.90 bits per heavy atom. The average molecular weight is 465 g/mol. The molecule has 1 aromatic carbocycles. The van der Waals surface area contributed by atoms with Gasteiger partial charge in [-0.2, -0.15) is 5.10 Å². The van der Waals surface area contributed by atoms with Crippen LogP contribution in [0.2, 0.25) is 10.0 Å². The molecule has 0 radical (unpaired) electrons. The summed E-state index contributed by atoms with van der Waals surface area (Å²) in [6, 6.07) is 6.54. The van der Waals surface area contributed by atoms with E-state index in [1.54, 1.807) is 13.8 Å². The maximum Gasteiger partial charge on any atom is 0.354 e. The van der Waals surface area contributed by atoms with Crippen molar-refractivity contribution in [2.24, 2.45) is 0 Å². The summed E-state index contributed by atoms with van der Waals surface area (Å²) < 4.78 is 19.7. The number of aromatic carboxylic acids is 1. The summed E-state index contributed by atoms with van der Waals surface area (Å²) in [7, 11) is 0. The molecule has 160 valence electrons. The first-order valence-corrected chi connectivity index (χ1v) is 9.58. The summed E-state index contributed by atoms with van der Waals surface area (Å²) in [4.78, 5) is 27.1. The van der Waals surface area contributed by atoms with Crippen molar-refractivity contribution in [2.75, 3.05) is 5.32 Å². The van der Waals surface area contributed by atoms with Gasteiger partial charge in [0.1, 0.15) is 29.1 Å². The highest BCUT2D eigenvalue weighted by atomic mass is 35.5. The van der Waals surface area contributed by atoms with E-state index in [9.17, 15) is 14.0 Å². The van der Waals surface area contributed by atoms with E-state index in [1.807, 2.05) is 0 Å². The summed E-state index contributed by atoms with van der Waals surface area (Å²) in [5.41, 5.74) is 0.695. The molecule has 31 heavy (non-hydrogen) atoms. The van der Waals surface area contributed by atoms with Gasteiger partial charge in [-0.05, 0) is 38.1 Å². The fourth-order valence-electron chi connectivity index (χ4n) is 2.62. The number of amides is 1. The highest BCUT2D eigenvalue weighted by Crippen LogP contribution is 2.35. The first kappa shape index (κ1) is 22.4. The number of carboxylic acids is 1. The van der Waals surface area contributed by atoms with Crippen molar-refractivity contribution in [2.45, 2.75) is 20.0 Å².